The van der Waals surface area contributed by atoms with Crippen LogP contribution in [-0.2, 0) is 6.18 Å². The highest BCUT2D eigenvalue weighted by molar-refractivity contribution is 5.68. The van der Waals surface area contributed by atoms with Crippen molar-refractivity contribution in [2.24, 2.45) is 0 Å². The molecule has 1 aromatic carbocycles. The van der Waals surface area contributed by atoms with E-state index in [1.165, 1.54) is 12.1 Å². The molecule has 0 aliphatic carbocycles. The van der Waals surface area contributed by atoms with Gasteiger partial charge in [0, 0.05) is 37.9 Å². The Labute approximate surface area is 132 Å². The van der Waals surface area contributed by atoms with Crippen LogP contribution in [-0.4, -0.2) is 42.1 Å². The van der Waals surface area contributed by atoms with E-state index in [4.69, 9.17) is 0 Å². The fourth-order valence-corrected chi connectivity index (χ4v) is 3.31. The maximum absolute atomic E-state index is 12.9. The molecule has 0 amide bonds. The molecule has 5 rings (SSSR count). The summed E-state index contributed by atoms with van der Waals surface area (Å²) >= 11 is 0. The molecule has 3 nitrogen and oxygen atoms in total. The molecule has 0 atom stereocenters. The highest BCUT2D eigenvalue weighted by Crippen LogP contribution is 2.33. The van der Waals surface area contributed by atoms with E-state index in [-0.39, 0.29) is 0 Å². The lowest BCUT2D eigenvalue weighted by molar-refractivity contribution is -0.137. The van der Waals surface area contributed by atoms with E-state index >= 15 is 0 Å². The molecule has 3 aliphatic heterocycles. The van der Waals surface area contributed by atoms with Crippen LogP contribution in [0.1, 0.15) is 5.56 Å². The van der Waals surface area contributed by atoms with E-state index in [2.05, 4.69) is 14.8 Å². The van der Waals surface area contributed by atoms with Gasteiger partial charge in [0.05, 0.1) is 23.5 Å². The molecular formula is C17H16F3N3. The monoisotopic (exact) mass is 319 g/mol. The van der Waals surface area contributed by atoms with Gasteiger partial charge in [-0.1, -0.05) is 12.1 Å². The van der Waals surface area contributed by atoms with Gasteiger partial charge in [0.2, 0.25) is 0 Å². The Morgan fingerprint density at radius 2 is 1.83 bits per heavy atom. The first kappa shape index (κ1) is 14.5. The van der Waals surface area contributed by atoms with E-state index in [9.17, 15) is 13.2 Å². The van der Waals surface area contributed by atoms with Crippen LogP contribution in [0.3, 0.4) is 0 Å². The third-order valence-electron chi connectivity index (χ3n) is 4.61. The summed E-state index contributed by atoms with van der Waals surface area (Å²) in [5.74, 6) is 0. The highest BCUT2D eigenvalue weighted by Gasteiger charge is 2.36. The number of hydrogen-bond donors (Lipinski definition) is 0. The number of piperazine rings is 2. The second kappa shape index (κ2) is 5.23. The molecule has 3 saturated heterocycles. The minimum absolute atomic E-state index is 0.502. The standard InChI is InChI=1S/C17H16F3N3/c18-17(19,20)14-3-1-2-12(6-14)13-7-15(9-21-8-13)23-5-4-22-10-16(23)11-22/h1-3,6-9,16H,4-5,10-11H2. The molecule has 0 radical (unpaired) electrons. The van der Waals surface area contributed by atoms with Crippen molar-refractivity contribution in [3.63, 3.8) is 0 Å². The first-order chi connectivity index (χ1) is 11.0. The van der Waals surface area contributed by atoms with Gasteiger partial charge in [-0.25, -0.2) is 0 Å². The number of nitrogens with zero attached hydrogens (tertiary/aromatic N) is 3. The predicted octanol–water partition coefficient (Wildman–Crippen LogP) is 3.27. The largest absolute Gasteiger partial charge is 0.416 e. The van der Waals surface area contributed by atoms with Gasteiger partial charge in [-0.3, -0.25) is 9.88 Å². The second-order valence-corrected chi connectivity index (χ2v) is 6.12. The summed E-state index contributed by atoms with van der Waals surface area (Å²) in [6.45, 7) is 4.10. The van der Waals surface area contributed by atoms with Gasteiger partial charge in [-0.05, 0) is 23.8 Å². The minimum Gasteiger partial charge on any atom is -0.363 e. The maximum atomic E-state index is 12.9. The number of anilines is 1. The number of hydrogen-bond acceptors (Lipinski definition) is 3. The number of rotatable bonds is 2. The second-order valence-electron chi connectivity index (χ2n) is 6.12. The highest BCUT2D eigenvalue weighted by atomic mass is 19.4. The zero-order valence-corrected chi connectivity index (χ0v) is 12.4. The molecule has 2 aromatic rings. The van der Waals surface area contributed by atoms with Crippen LogP contribution in [0.25, 0.3) is 11.1 Å². The summed E-state index contributed by atoms with van der Waals surface area (Å²) < 4.78 is 38.6. The van der Waals surface area contributed by atoms with Crippen molar-refractivity contribution in [1.29, 1.82) is 0 Å². The zero-order valence-electron chi connectivity index (χ0n) is 12.4. The Balaban J connectivity index is 1.66. The minimum atomic E-state index is -4.33. The molecule has 2 bridgehead atoms. The van der Waals surface area contributed by atoms with Crippen LogP contribution in [0.2, 0.25) is 0 Å². The van der Waals surface area contributed by atoms with E-state index in [0.29, 0.717) is 11.6 Å². The Hall–Kier alpha value is -2.08. The van der Waals surface area contributed by atoms with Gasteiger partial charge in [0.1, 0.15) is 0 Å². The predicted molar refractivity (Wildman–Crippen MR) is 82.2 cm³/mol. The third kappa shape index (κ3) is 2.67. The average molecular weight is 319 g/mol. The van der Waals surface area contributed by atoms with Gasteiger partial charge >= 0.3 is 6.18 Å². The normalized spacial score (nSPS) is 23.5. The smallest absolute Gasteiger partial charge is 0.363 e. The first-order valence-corrected chi connectivity index (χ1v) is 7.62. The fourth-order valence-electron chi connectivity index (χ4n) is 3.31. The number of benzene rings is 1. The summed E-state index contributed by atoms with van der Waals surface area (Å²) in [5, 5.41) is 0. The Kier molecular flexibility index (Phi) is 3.30. The van der Waals surface area contributed by atoms with Gasteiger partial charge in [-0.2, -0.15) is 13.2 Å². The number of fused-ring (bicyclic) bond motifs is 2. The van der Waals surface area contributed by atoms with E-state index in [0.717, 1.165) is 43.5 Å². The van der Waals surface area contributed by atoms with Crippen LogP contribution in [0.5, 0.6) is 0 Å². The molecule has 23 heavy (non-hydrogen) atoms. The lowest BCUT2D eigenvalue weighted by Crippen LogP contribution is -2.66. The number of alkyl halides is 3. The summed E-state index contributed by atoms with van der Waals surface area (Å²) in [7, 11) is 0. The Bertz CT molecular complexity index is 720. The molecule has 0 spiro atoms. The van der Waals surface area contributed by atoms with Crippen LogP contribution >= 0.6 is 0 Å². The summed E-state index contributed by atoms with van der Waals surface area (Å²) in [4.78, 5) is 8.95. The lowest BCUT2D eigenvalue weighted by atomic mass is 10.0. The summed E-state index contributed by atoms with van der Waals surface area (Å²) in [6.07, 6.45) is -0.912. The molecular weight excluding hydrogens is 303 g/mol. The van der Waals surface area contributed by atoms with Crippen LogP contribution in [0.15, 0.2) is 42.7 Å². The Morgan fingerprint density at radius 3 is 2.52 bits per heavy atom. The van der Waals surface area contributed by atoms with Gasteiger partial charge in [0.25, 0.3) is 0 Å². The van der Waals surface area contributed by atoms with Crippen LogP contribution in [0.4, 0.5) is 18.9 Å². The number of aromatic nitrogens is 1. The number of pyridine rings is 1. The fraction of sp³-hybridized carbons (Fsp3) is 0.353. The van der Waals surface area contributed by atoms with E-state index in [1.54, 1.807) is 18.5 Å². The molecule has 0 unspecified atom stereocenters. The van der Waals surface area contributed by atoms with E-state index < -0.39 is 11.7 Å². The van der Waals surface area contributed by atoms with Crippen molar-refractivity contribution < 1.29 is 13.2 Å². The molecule has 3 fully saturated rings. The van der Waals surface area contributed by atoms with Crippen molar-refractivity contribution in [2.75, 3.05) is 31.1 Å². The van der Waals surface area contributed by atoms with Crippen molar-refractivity contribution in [3.8, 4) is 11.1 Å². The molecule has 0 N–H and O–H groups in total. The van der Waals surface area contributed by atoms with Crippen molar-refractivity contribution in [1.82, 2.24) is 9.88 Å². The van der Waals surface area contributed by atoms with Crippen LogP contribution in [0, 0.1) is 0 Å². The Morgan fingerprint density at radius 1 is 1.00 bits per heavy atom. The lowest BCUT2D eigenvalue weighted by Gasteiger charge is -2.52. The van der Waals surface area contributed by atoms with Crippen molar-refractivity contribution in [3.05, 3.63) is 48.3 Å². The topological polar surface area (TPSA) is 19.4 Å². The molecule has 0 saturated carbocycles. The van der Waals surface area contributed by atoms with Crippen molar-refractivity contribution in [2.45, 2.75) is 12.2 Å². The molecule has 4 heterocycles. The molecule has 3 aliphatic rings. The summed E-state index contributed by atoms with van der Waals surface area (Å²) in [5.41, 5.74) is 1.62. The average Bonchev–Trinajstić information content (AvgIpc) is 2.54. The molecule has 120 valence electrons. The third-order valence-corrected chi connectivity index (χ3v) is 4.61. The first-order valence-electron chi connectivity index (χ1n) is 7.62. The van der Waals surface area contributed by atoms with Gasteiger partial charge in [0.15, 0.2) is 0 Å². The van der Waals surface area contributed by atoms with Gasteiger partial charge in [-0.15, -0.1) is 0 Å². The molecule has 6 heteroatoms. The maximum Gasteiger partial charge on any atom is 0.416 e. The molecule has 1 aromatic heterocycles. The number of halogens is 3. The van der Waals surface area contributed by atoms with Gasteiger partial charge < -0.3 is 4.90 Å². The van der Waals surface area contributed by atoms with Crippen molar-refractivity contribution >= 4 is 5.69 Å². The van der Waals surface area contributed by atoms with Crippen LogP contribution < -0.4 is 4.90 Å². The van der Waals surface area contributed by atoms with E-state index in [1.807, 2.05) is 6.07 Å². The summed E-state index contributed by atoms with van der Waals surface area (Å²) in [6, 6.07) is 7.85. The quantitative estimate of drug-likeness (QED) is 0.847. The zero-order chi connectivity index (χ0) is 16.0. The SMILES string of the molecule is FC(F)(F)c1cccc(-c2cncc(N3CCN4CC3C4)c2)c1.